The zero-order valence-corrected chi connectivity index (χ0v) is 10.3. The van der Waals surface area contributed by atoms with Gasteiger partial charge in [0.25, 0.3) is 0 Å². The second kappa shape index (κ2) is 5.67. The Bertz CT molecular complexity index is 423. The van der Waals surface area contributed by atoms with E-state index in [0.29, 0.717) is 17.3 Å². The van der Waals surface area contributed by atoms with E-state index in [9.17, 15) is 4.79 Å². The predicted molar refractivity (Wildman–Crippen MR) is 69.4 cm³/mol. The molecular weight excluding hydrogens is 246 g/mol. The van der Waals surface area contributed by atoms with Crippen LogP contribution in [0.25, 0.3) is 0 Å². The molecule has 0 saturated heterocycles. The summed E-state index contributed by atoms with van der Waals surface area (Å²) in [6.45, 7) is 1.91. The minimum absolute atomic E-state index is 0.0820. The van der Waals surface area contributed by atoms with Crippen LogP contribution in [0, 0.1) is 0 Å². The third kappa shape index (κ3) is 4.04. The number of nitrogens with one attached hydrogen (secondary N) is 2. The van der Waals surface area contributed by atoms with Gasteiger partial charge in [-0.15, -0.1) is 0 Å². The normalized spacial score (nSPS) is 9.62. The number of thiocarbonyl (C=S) groups is 1. The van der Waals surface area contributed by atoms with E-state index in [1.807, 2.05) is 6.07 Å². The molecule has 0 aliphatic rings. The number of carbonyl (C=O) groups is 1. The first kappa shape index (κ1) is 12.7. The van der Waals surface area contributed by atoms with Gasteiger partial charge in [-0.3, -0.25) is 4.79 Å². The first-order valence-electron chi connectivity index (χ1n) is 4.58. The molecule has 0 aliphatic carbocycles. The van der Waals surface area contributed by atoms with Gasteiger partial charge in [-0.2, -0.15) is 0 Å². The standard InChI is InChI=1S/C10H12ClN3OS/c1-6(15)13-5-7-2-3-9(8(11)4-7)14-10(12)16/h2-4H,5H2,1H3,(H,13,15)(H3,12,14,16). The zero-order chi connectivity index (χ0) is 12.1. The molecule has 0 bridgehead atoms. The minimum atomic E-state index is -0.0820. The van der Waals surface area contributed by atoms with Crippen molar-refractivity contribution in [2.75, 3.05) is 5.32 Å². The summed E-state index contributed by atoms with van der Waals surface area (Å²) in [5.74, 6) is -0.0820. The molecule has 0 unspecified atom stereocenters. The van der Waals surface area contributed by atoms with Crippen molar-refractivity contribution in [1.82, 2.24) is 5.32 Å². The van der Waals surface area contributed by atoms with E-state index in [1.165, 1.54) is 6.92 Å². The van der Waals surface area contributed by atoms with E-state index in [-0.39, 0.29) is 11.0 Å². The maximum atomic E-state index is 10.7. The summed E-state index contributed by atoms with van der Waals surface area (Å²) in [5.41, 5.74) is 6.90. The third-order valence-electron chi connectivity index (χ3n) is 1.83. The highest BCUT2D eigenvalue weighted by molar-refractivity contribution is 7.80. The fourth-order valence-electron chi connectivity index (χ4n) is 1.13. The van der Waals surface area contributed by atoms with Crippen LogP contribution in [0.2, 0.25) is 5.02 Å². The number of benzene rings is 1. The quantitative estimate of drug-likeness (QED) is 0.720. The number of hydrogen-bond donors (Lipinski definition) is 3. The van der Waals surface area contributed by atoms with Crippen molar-refractivity contribution in [3.8, 4) is 0 Å². The summed E-state index contributed by atoms with van der Waals surface area (Å²) in [6, 6.07) is 5.35. The Kier molecular flexibility index (Phi) is 4.52. The van der Waals surface area contributed by atoms with E-state index >= 15 is 0 Å². The van der Waals surface area contributed by atoms with Crippen molar-refractivity contribution in [2.24, 2.45) is 5.73 Å². The van der Waals surface area contributed by atoms with Gasteiger partial charge in [0.2, 0.25) is 5.91 Å². The van der Waals surface area contributed by atoms with Crippen molar-refractivity contribution in [3.05, 3.63) is 28.8 Å². The van der Waals surface area contributed by atoms with Crippen LogP contribution in [0.3, 0.4) is 0 Å². The number of carbonyl (C=O) groups excluding carboxylic acids is 1. The summed E-state index contributed by atoms with van der Waals surface area (Å²) in [5, 5.41) is 6.11. The molecule has 0 fully saturated rings. The van der Waals surface area contributed by atoms with Crippen molar-refractivity contribution in [2.45, 2.75) is 13.5 Å². The molecule has 1 aromatic rings. The Hall–Kier alpha value is -1.33. The van der Waals surface area contributed by atoms with Gasteiger partial charge in [0.05, 0.1) is 10.7 Å². The third-order valence-corrected chi connectivity index (χ3v) is 2.25. The lowest BCUT2D eigenvalue weighted by atomic mass is 10.2. The number of amides is 1. The van der Waals surface area contributed by atoms with Gasteiger partial charge in [0.15, 0.2) is 5.11 Å². The van der Waals surface area contributed by atoms with Crippen LogP contribution in [0.1, 0.15) is 12.5 Å². The molecule has 1 rings (SSSR count). The molecule has 0 atom stereocenters. The molecule has 0 radical (unpaired) electrons. The Morgan fingerprint density at radius 1 is 1.56 bits per heavy atom. The lowest BCUT2D eigenvalue weighted by molar-refractivity contribution is -0.119. The number of hydrogen-bond acceptors (Lipinski definition) is 2. The SMILES string of the molecule is CC(=O)NCc1ccc(NC(N)=S)c(Cl)c1. The summed E-state index contributed by atoms with van der Waals surface area (Å²) in [4.78, 5) is 10.7. The van der Waals surface area contributed by atoms with E-state index in [4.69, 9.17) is 29.6 Å². The second-order valence-corrected chi connectivity index (χ2v) is 4.06. The van der Waals surface area contributed by atoms with Gasteiger partial charge in [-0.1, -0.05) is 17.7 Å². The topological polar surface area (TPSA) is 67.2 Å². The van der Waals surface area contributed by atoms with Crippen LogP contribution >= 0.6 is 23.8 Å². The first-order chi connectivity index (χ1) is 7.49. The molecule has 86 valence electrons. The molecule has 1 aromatic carbocycles. The molecule has 16 heavy (non-hydrogen) atoms. The van der Waals surface area contributed by atoms with Crippen LogP contribution in [-0.4, -0.2) is 11.0 Å². The average molecular weight is 258 g/mol. The van der Waals surface area contributed by atoms with Crippen molar-refractivity contribution >= 4 is 40.5 Å². The fourth-order valence-corrected chi connectivity index (χ4v) is 1.49. The van der Waals surface area contributed by atoms with Gasteiger partial charge in [0.1, 0.15) is 0 Å². The number of rotatable bonds is 3. The smallest absolute Gasteiger partial charge is 0.217 e. The van der Waals surface area contributed by atoms with Crippen molar-refractivity contribution in [1.29, 1.82) is 0 Å². The highest BCUT2D eigenvalue weighted by Crippen LogP contribution is 2.22. The van der Waals surface area contributed by atoms with Crippen molar-refractivity contribution < 1.29 is 4.79 Å². The average Bonchev–Trinajstić information content (AvgIpc) is 2.18. The lowest BCUT2D eigenvalue weighted by Crippen LogP contribution is -2.20. The van der Waals surface area contributed by atoms with Crippen LogP contribution in [0.15, 0.2) is 18.2 Å². The molecular formula is C10H12ClN3OS. The molecule has 1 amide bonds. The van der Waals surface area contributed by atoms with Crippen LogP contribution in [-0.2, 0) is 11.3 Å². The number of halogens is 1. The number of nitrogens with two attached hydrogens (primary N) is 1. The Balaban J connectivity index is 2.74. The Morgan fingerprint density at radius 3 is 2.75 bits per heavy atom. The Morgan fingerprint density at radius 2 is 2.25 bits per heavy atom. The van der Waals surface area contributed by atoms with Crippen LogP contribution < -0.4 is 16.4 Å². The molecule has 0 aromatic heterocycles. The first-order valence-corrected chi connectivity index (χ1v) is 5.37. The summed E-state index contributed by atoms with van der Waals surface area (Å²) < 4.78 is 0. The van der Waals surface area contributed by atoms with Crippen LogP contribution in [0.5, 0.6) is 0 Å². The van der Waals surface area contributed by atoms with Crippen LogP contribution in [0.4, 0.5) is 5.69 Å². The van der Waals surface area contributed by atoms with E-state index in [1.54, 1.807) is 12.1 Å². The molecule has 0 heterocycles. The number of anilines is 1. The van der Waals surface area contributed by atoms with Gasteiger partial charge >= 0.3 is 0 Å². The van der Waals surface area contributed by atoms with E-state index in [0.717, 1.165) is 5.56 Å². The van der Waals surface area contributed by atoms with Gasteiger partial charge in [-0.05, 0) is 29.9 Å². The van der Waals surface area contributed by atoms with Gasteiger partial charge in [-0.25, -0.2) is 0 Å². The maximum Gasteiger partial charge on any atom is 0.217 e. The Labute approximate surface area is 104 Å². The summed E-state index contributed by atoms with van der Waals surface area (Å²) in [6.07, 6.45) is 0. The molecule has 4 nitrogen and oxygen atoms in total. The lowest BCUT2D eigenvalue weighted by Gasteiger charge is -2.08. The highest BCUT2D eigenvalue weighted by atomic mass is 35.5. The van der Waals surface area contributed by atoms with Crippen molar-refractivity contribution in [3.63, 3.8) is 0 Å². The molecule has 0 saturated carbocycles. The van der Waals surface area contributed by atoms with E-state index < -0.39 is 0 Å². The minimum Gasteiger partial charge on any atom is -0.376 e. The predicted octanol–water partition coefficient (Wildman–Crippen LogP) is 1.63. The molecule has 6 heteroatoms. The van der Waals surface area contributed by atoms with E-state index in [2.05, 4.69) is 10.6 Å². The molecule has 0 spiro atoms. The second-order valence-electron chi connectivity index (χ2n) is 3.21. The monoisotopic (exact) mass is 257 g/mol. The molecule has 0 aliphatic heterocycles. The molecule has 4 N–H and O–H groups in total. The summed E-state index contributed by atoms with van der Waals surface area (Å²) in [7, 11) is 0. The maximum absolute atomic E-state index is 10.7. The van der Waals surface area contributed by atoms with Gasteiger partial charge in [0, 0.05) is 13.5 Å². The van der Waals surface area contributed by atoms with Gasteiger partial charge < -0.3 is 16.4 Å². The zero-order valence-electron chi connectivity index (χ0n) is 8.71. The fraction of sp³-hybridized carbons (Fsp3) is 0.200. The summed E-state index contributed by atoms with van der Waals surface area (Å²) >= 11 is 10.7. The highest BCUT2D eigenvalue weighted by Gasteiger charge is 2.02. The largest absolute Gasteiger partial charge is 0.376 e.